The maximum atomic E-state index is 12.2. The number of rotatable bonds is 3. The van der Waals surface area contributed by atoms with E-state index in [4.69, 9.17) is 0 Å². The second-order valence-electron chi connectivity index (χ2n) is 6.95. The fraction of sp³-hybridized carbons (Fsp3) is 0.368. The number of anilines is 1. The van der Waals surface area contributed by atoms with E-state index < -0.39 is 0 Å². The Balaban J connectivity index is 1.45. The third-order valence-electron chi connectivity index (χ3n) is 5.07. The van der Waals surface area contributed by atoms with E-state index in [1.165, 1.54) is 9.25 Å². The molecule has 27 heavy (non-hydrogen) atoms. The molecular formula is C19H22N6O2. The van der Waals surface area contributed by atoms with Gasteiger partial charge in [0.1, 0.15) is 0 Å². The van der Waals surface area contributed by atoms with Crippen LogP contribution in [0.5, 0.6) is 0 Å². The van der Waals surface area contributed by atoms with Crippen molar-refractivity contribution in [2.75, 3.05) is 31.1 Å². The van der Waals surface area contributed by atoms with Crippen LogP contribution in [0.15, 0.2) is 46.4 Å². The van der Waals surface area contributed by atoms with Crippen molar-refractivity contribution in [3.8, 4) is 0 Å². The second kappa shape index (κ2) is 6.96. The van der Waals surface area contributed by atoms with Crippen molar-refractivity contribution in [3.63, 3.8) is 0 Å². The first kappa shape index (κ1) is 17.4. The summed E-state index contributed by atoms with van der Waals surface area (Å²) < 4.78 is 2.83. The van der Waals surface area contributed by atoms with Gasteiger partial charge in [0.2, 0.25) is 0 Å². The number of piperazine rings is 1. The third-order valence-corrected chi connectivity index (χ3v) is 5.07. The first-order valence-electron chi connectivity index (χ1n) is 8.96. The summed E-state index contributed by atoms with van der Waals surface area (Å²) >= 11 is 0. The lowest BCUT2D eigenvalue weighted by atomic mass is 10.2. The number of benzene rings is 1. The average molecular weight is 366 g/mol. The molecule has 1 aliphatic rings. The van der Waals surface area contributed by atoms with Gasteiger partial charge < -0.3 is 9.47 Å². The van der Waals surface area contributed by atoms with Crippen LogP contribution >= 0.6 is 0 Å². The Morgan fingerprint density at radius 2 is 1.81 bits per heavy atom. The van der Waals surface area contributed by atoms with Gasteiger partial charge in [-0.3, -0.25) is 14.5 Å². The van der Waals surface area contributed by atoms with Gasteiger partial charge in [0, 0.05) is 58.6 Å². The van der Waals surface area contributed by atoms with Crippen molar-refractivity contribution < 1.29 is 0 Å². The number of hydrogen-bond acceptors (Lipinski definition) is 6. The first-order chi connectivity index (χ1) is 13.0. The number of aryl methyl sites for hydroxylation is 2. The largest absolute Gasteiger partial charge is 0.369 e. The summed E-state index contributed by atoms with van der Waals surface area (Å²) in [6, 6.07) is 7.48. The first-order valence-corrected chi connectivity index (χ1v) is 8.96. The zero-order valence-electron chi connectivity index (χ0n) is 15.5. The Labute approximate surface area is 156 Å². The summed E-state index contributed by atoms with van der Waals surface area (Å²) in [6.45, 7) is 4.30. The highest BCUT2D eigenvalue weighted by Gasteiger charge is 2.18. The fourth-order valence-corrected chi connectivity index (χ4v) is 3.41. The summed E-state index contributed by atoms with van der Waals surface area (Å²) in [7, 11) is 3.36. The van der Waals surface area contributed by atoms with E-state index in [1.807, 2.05) is 18.2 Å². The fourth-order valence-electron chi connectivity index (χ4n) is 3.41. The zero-order valence-corrected chi connectivity index (χ0v) is 15.5. The van der Waals surface area contributed by atoms with Crippen molar-refractivity contribution in [3.05, 3.63) is 63.1 Å². The van der Waals surface area contributed by atoms with Gasteiger partial charge in [0.25, 0.3) is 11.1 Å². The van der Waals surface area contributed by atoms with Crippen molar-refractivity contribution >= 4 is 16.6 Å². The van der Waals surface area contributed by atoms with Crippen molar-refractivity contribution in [2.24, 2.45) is 14.1 Å². The maximum Gasteiger partial charge on any atom is 0.266 e. The monoisotopic (exact) mass is 366 g/mol. The SMILES string of the molecule is Cn1cnc2cc(N3CCN(Cc4cnn(C)c(=O)c4)CC3)ccc2c1=O. The molecule has 1 fully saturated rings. The predicted octanol–water partition coefficient (Wildman–Crippen LogP) is 0.349. The molecule has 0 N–H and O–H groups in total. The summed E-state index contributed by atoms with van der Waals surface area (Å²) in [4.78, 5) is 32.9. The molecule has 8 nitrogen and oxygen atoms in total. The molecule has 0 bridgehead atoms. The van der Waals surface area contributed by atoms with Gasteiger partial charge in [-0.05, 0) is 23.8 Å². The van der Waals surface area contributed by atoms with Crippen LogP contribution in [0.4, 0.5) is 5.69 Å². The molecule has 3 heterocycles. The molecule has 1 saturated heterocycles. The Morgan fingerprint density at radius 3 is 2.56 bits per heavy atom. The van der Waals surface area contributed by atoms with Crippen molar-refractivity contribution in [2.45, 2.75) is 6.54 Å². The number of nitrogens with zero attached hydrogens (tertiary/aromatic N) is 6. The van der Waals surface area contributed by atoms with E-state index in [-0.39, 0.29) is 11.1 Å². The minimum atomic E-state index is -0.0825. The zero-order chi connectivity index (χ0) is 19.0. The lowest BCUT2D eigenvalue weighted by Crippen LogP contribution is -2.46. The number of hydrogen-bond donors (Lipinski definition) is 0. The van der Waals surface area contributed by atoms with E-state index in [1.54, 1.807) is 32.7 Å². The van der Waals surface area contributed by atoms with Crippen LogP contribution in [0.3, 0.4) is 0 Å². The molecule has 140 valence electrons. The molecule has 2 aromatic heterocycles. The van der Waals surface area contributed by atoms with Crippen molar-refractivity contribution in [1.82, 2.24) is 24.2 Å². The minimum absolute atomic E-state index is 0.0287. The smallest absolute Gasteiger partial charge is 0.266 e. The summed E-state index contributed by atoms with van der Waals surface area (Å²) in [6.07, 6.45) is 3.31. The van der Waals surface area contributed by atoms with Crippen molar-refractivity contribution in [1.29, 1.82) is 0 Å². The number of fused-ring (bicyclic) bond motifs is 1. The highest BCUT2D eigenvalue weighted by Crippen LogP contribution is 2.20. The van der Waals surface area contributed by atoms with Gasteiger partial charge >= 0.3 is 0 Å². The molecule has 0 unspecified atom stereocenters. The van der Waals surface area contributed by atoms with Crippen LogP contribution in [0.1, 0.15) is 5.56 Å². The molecule has 0 radical (unpaired) electrons. The second-order valence-corrected chi connectivity index (χ2v) is 6.95. The van der Waals surface area contributed by atoms with Gasteiger partial charge in [-0.25, -0.2) is 9.67 Å². The summed E-state index contributed by atoms with van der Waals surface area (Å²) in [5.74, 6) is 0. The molecule has 0 spiro atoms. The van der Waals surface area contributed by atoms with Gasteiger partial charge in [-0.2, -0.15) is 5.10 Å². The summed E-state index contributed by atoms with van der Waals surface area (Å²) in [5, 5.41) is 4.72. The highest BCUT2D eigenvalue weighted by atomic mass is 16.1. The molecule has 1 aromatic carbocycles. The van der Waals surface area contributed by atoms with Gasteiger partial charge in [0.15, 0.2) is 0 Å². The lowest BCUT2D eigenvalue weighted by molar-refractivity contribution is 0.249. The van der Waals surface area contributed by atoms with Gasteiger partial charge in [0.05, 0.1) is 23.4 Å². The van der Waals surface area contributed by atoms with E-state index in [2.05, 4.69) is 19.9 Å². The van der Waals surface area contributed by atoms with E-state index >= 15 is 0 Å². The molecule has 0 atom stereocenters. The quantitative estimate of drug-likeness (QED) is 0.666. The average Bonchev–Trinajstić information content (AvgIpc) is 2.68. The molecule has 0 amide bonds. The van der Waals surface area contributed by atoms with Crippen LogP contribution in [0, 0.1) is 0 Å². The summed E-state index contributed by atoms with van der Waals surface area (Å²) in [5.41, 5.74) is 2.64. The topological polar surface area (TPSA) is 76.3 Å². The third kappa shape index (κ3) is 3.48. The Morgan fingerprint density at radius 1 is 1.04 bits per heavy atom. The van der Waals surface area contributed by atoms with Crippen LogP contribution in [-0.4, -0.2) is 50.4 Å². The van der Waals surface area contributed by atoms with Crippen LogP contribution in [0.25, 0.3) is 10.9 Å². The highest BCUT2D eigenvalue weighted by molar-refractivity contribution is 5.81. The molecule has 0 aliphatic carbocycles. The van der Waals surface area contributed by atoms with Crippen LogP contribution in [-0.2, 0) is 20.6 Å². The normalized spacial score (nSPS) is 15.4. The van der Waals surface area contributed by atoms with Gasteiger partial charge in [-0.15, -0.1) is 0 Å². The molecular weight excluding hydrogens is 344 g/mol. The molecule has 3 aromatic rings. The molecule has 4 rings (SSSR count). The van der Waals surface area contributed by atoms with E-state index in [0.29, 0.717) is 5.39 Å². The molecule has 0 saturated carbocycles. The minimum Gasteiger partial charge on any atom is -0.369 e. The Hall–Kier alpha value is -3.00. The number of aromatic nitrogens is 4. The Bertz CT molecular complexity index is 1100. The van der Waals surface area contributed by atoms with E-state index in [0.717, 1.165) is 49.5 Å². The van der Waals surface area contributed by atoms with Gasteiger partial charge in [-0.1, -0.05) is 0 Å². The van der Waals surface area contributed by atoms with Crippen LogP contribution in [0.2, 0.25) is 0 Å². The Kier molecular flexibility index (Phi) is 4.49. The van der Waals surface area contributed by atoms with E-state index in [9.17, 15) is 9.59 Å². The standard InChI is InChI=1S/C19H22N6O2/c1-22-13-20-17-10-15(3-4-16(17)19(22)27)25-7-5-24(6-8-25)12-14-9-18(26)23(2)21-11-14/h3-4,9-11,13H,5-8,12H2,1-2H3. The lowest BCUT2D eigenvalue weighted by Gasteiger charge is -2.36. The van der Waals surface area contributed by atoms with Crippen LogP contribution < -0.4 is 16.0 Å². The molecule has 1 aliphatic heterocycles. The predicted molar refractivity (Wildman–Crippen MR) is 104 cm³/mol. The maximum absolute atomic E-state index is 12.2. The molecule has 8 heteroatoms.